The van der Waals surface area contributed by atoms with Crippen molar-refractivity contribution in [1.29, 1.82) is 0 Å². The van der Waals surface area contributed by atoms with Gasteiger partial charge in [0.05, 0.1) is 0 Å². The lowest BCUT2D eigenvalue weighted by molar-refractivity contribution is 0.0951. The number of aromatic nitrogens is 1. The number of nitrogens with zero attached hydrogens (tertiary/aromatic N) is 2. The molecular formula is C15H16IN3OS. The summed E-state index contributed by atoms with van der Waals surface area (Å²) in [5.41, 5.74) is 0.717. The molecule has 2 aromatic rings. The third-order valence-electron chi connectivity index (χ3n) is 3.65. The van der Waals surface area contributed by atoms with Crippen LogP contribution in [0, 0.1) is 3.57 Å². The largest absolute Gasteiger partial charge is 0.350 e. The topological polar surface area (TPSA) is 45.2 Å². The van der Waals surface area contributed by atoms with Crippen LogP contribution in [0.5, 0.6) is 0 Å². The van der Waals surface area contributed by atoms with Crippen LogP contribution in [0.2, 0.25) is 0 Å². The highest BCUT2D eigenvalue weighted by molar-refractivity contribution is 14.1. The lowest BCUT2D eigenvalue weighted by atomic mass is 10.2. The molecule has 1 aromatic heterocycles. The van der Waals surface area contributed by atoms with Crippen molar-refractivity contribution < 1.29 is 4.79 Å². The van der Waals surface area contributed by atoms with E-state index in [0.29, 0.717) is 18.2 Å². The van der Waals surface area contributed by atoms with Gasteiger partial charge in [0.2, 0.25) is 0 Å². The molecule has 0 bridgehead atoms. The van der Waals surface area contributed by atoms with Gasteiger partial charge < -0.3 is 10.2 Å². The minimum Gasteiger partial charge on any atom is -0.350 e. The summed E-state index contributed by atoms with van der Waals surface area (Å²) in [5, 5.41) is 6.10. The molecule has 0 saturated carbocycles. The molecule has 1 aliphatic rings. The maximum atomic E-state index is 12.2. The average molecular weight is 413 g/mol. The maximum absolute atomic E-state index is 12.2. The smallest absolute Gasteiger partial charge is 0.251 e. The molecule has 1 aliphatic heterocycles. The second-order valence-corrected chi connectivity index (χ2v) is 7.14. The number of thiazole rings is 1. The molecule has 1 unspecified atom stereocenters. The van der Waals surface area contributed by atoms with Gasteiger partial charge in [-0.05, 0) is 59.7 Å². The number of hydrogen-bond donors (Lipinski definition) is 1. The van der Waals surface area contributed by atoms with Crippen molar-refractivity contribution in [3.63, 3.8) is 0 Å². The Labute approximate surface area is 141 Å². The van der Waals surface area contributed by atoms with Crippen molar-refractivity contribution in [3.8, 4) is 0 Å². The summed E-state index contributed by atoms with van der Waals surface area (Å²) in [6.45, 7) is 1.70. The maximum Gasteiger partial charge on any atom is 0.251 e. The number of anilines is 1. The Morgan fingerprint density at radius 2 is 2.24 bits per heavy atom. The Bertz CT molecular complexity index is 600. The van der Waals surface area contributed by atoms with E-state index in [-0.39, 0.29) is 5.91 Å². The molecule has 1 atom stereocenters. The van der Waals surface area contributed by atoms with Crippen molar-refractivity contribution in [2.24, 2.45) is 0 Å². The molecule has 6 heteroatoms. The molecule has 1 saturated heterocycles. The van der Waals surface area contributed by atoms with Crippen LogP contribution in [0.4, 0.5) is 5.13 Å². The quantitative estimate of drug-likeness (QED) is 0.784. The molecule has 1 amide bonds. The van der Waals surface area contributed by atoms with Crippen molar-refractivity contribution in [3.05, 3.63) is 45.0 Å². The predicted molar refractivity (Wildman–Crippen MR) is 94.0 cm³/mol. The van der Waals surface area contributed by atoms with E-state index in [1.165, 1.54) is 0 Å². The Morgan fingerprint density at radius 3 is 2.95 bits per heavy atom. The lowest BCUT2D eigenvalue weighted by Crippen LogP contribution is -2.40. The third-order valence-corrected chi connectivity index (χ3v) is 5.17. The van der Waals surface area contributed by atoms with Crippen molar-refractivity contribution in [1.82, 2.24) is 10.3 Å². The van der Waals surface area contributed by atoms with Gasteiger partial charge in [-0.2, -0.15) is 0 Å². The summed E-state index contributed by atoms with van der Waals surface area (Å²) in [6.07, 6.45) is 4.09. The standard InChI is InChI=1S/C15H16IN3OS/c16-12-5-3-11(4-6-12)14(20)18-10-13-2-1-8-19(13)15-17-7-9-21-15/h3-7,9,13H,1-2,8,10H2,(H,18,20). The zero-order chi connectivity index (χ0) is 14.7. The van der Waals surface area contributed by atoms with E-state index in [1.54, 1.807) is 11.3 Å². The number of halogens is 1. The molecule has 110 valence electrons. The van der Waals surface area contributed by atoms with Gasteiger partial charge in [-0.25, -0.2) is 4.98 Å². The zero-order valence-electron chi connectivity index (χ0n) is 11.5. The van der Waals surface area contributed by atoms with Crippen molar-refractivity contribution in [2.75, 3.05) is 18.0 Å². The average Bonchev–Trinajstić information content (AvgIpc) is 3.16. The number of nitrogens with one attached hydrogen (secondary N) is 1. The molecule has 0 radical (unpaired) electrons. The molecule has 3 rings (SSSR count). The summed E-state index contributed by atoms with van der Waals surface area (Å²) in [4.78, 5) is 18.8. The molecular weight excluding hydrogens is 397 g/mol. The minimum atomic E-state index is -0.00242. The Kier molecular flexibility index (Phi) is 4.74. The Hall–Kier alpha value is -1.15. The van der Waals surface area contributed by atoms with Gasteiger partial charge in [0, 0.05) is 39.8 Å². The Morgan fingerprint density at radius 1 is 1.43 bits per heavy atom. The van der Waals surface area contributed by atoms with Gasteiger partial charge in [-0.15, -0.1) is 11.3 Å². The number of amides is 1. The number of benzene rings is 1. The number of rotatable bonds is 4. The van der Waals surface area contributed by atoms with E-state index in [1.807, 2.05) is 35.8 Å². The summed E-state index contributed by atoms with van der Waals surface area (Å²) in [6, 6.07) is 7.98. The molecule has 0 aliphatic carbocycles. The molecule has 1 N–H and O–H groups in total. The number of carbonyl (C=O) groups is 1. The van der Waals surface area contributed by atoms with Crippen LogP contribution in [0.25, 0.3) is 0 Å². The third kappa shape index (κ3) is 3.55. The van der Waals surface area contributed by atoms with E-state index in [4.69, 9.17) is 0 Å². The molecule has 0 spiro atoms. The molecule has 4 nitrogen and oxygen atoms in total. The van der Waals surface area contributed by atoms with Crippen molar-refractivity contribution in [2.45, 2.75) is 18.9 Å². The van der Waals surface area contributed by atoms with Gasteiger partial charge in [-0.1, -0.05) is 0 Å². The highest BCUT2D eigenvalue weighted by Gasteiger charge is 2.26. The summed E-state index contributed by atoms with van der Waals surface area (Å²) >= 11 is 3.89. The van der Waals surface area contributed by atoms with Gasteiger partial charge in [0.1, 0.15) is 0 Å². The van der Waals surface area contributed by atoms with Gasteiger partial charge in [0.15, 0.2) is 5.13 Å². The first-order chi connectivity index (χ1) is 10.2. The van der Waals surface area contributed by atoms with Gasteiger partial charge in [-0.3, -0.25) is 4.79 Å². The predicted octanol–water partition coefficient (Wildman–Crippen LogP) is 3.15. The van der Waals surface area contributed by atoms with Crippen molar-refractivity contribution >= 4 is 45.0 Å². The van der Waals surface area contributed by atoms with Crippen LogP contribution in [-0.4, -0.2) is 30.0 Å². The molecule has 1 fully saturated rings. The SMILES string of the molecule is O=C(NCC1CCCN1c1nccs1)c1ccc(I)cc1. The first-order valence-electron chi connectivity index (χ1n) is 6.94. The van der Waals surface area contributed by atoms with Crippen LogP contribution in [0.3, 0.4) is 0 Å². The summed E-state index contributed by atoms with van der Waals surface area (Å²) in [5.74, 6) is -0.00242. The van der Waals surface area contributed by atoms with E-state index in [9.17, 15) is 4.79 Å². The van der Waals surface area contributed by atoms with Crippen LogP contribution < -0.4 is 10.2 Å². The Balaban J connectivity index is 1.59. The molecule has 2 heterocycles. The van der Waals surface area contributed by atoms with E-state index in [2.05, 4.69) is 37.8 Å². The highest BCUT2D eigenvalue weighted by Crippen LogP contribution is 2.26. The second kappa shape index (κ2) is 6.74. The fourth-order valence-corrected chi connectivity index (χ4v) is 3.67. The van der Waals surface area contributed by atoms with Crippen LogP contribution in [0.15, 0.2) is 35.8 Å². The van der Waals surface area contributed by atoms with Gasteiger partial charge >= 0.3 is 0 Å². The normalized spacial score (nSPS) is 18.0. The fraction of sp³-hybridized carbons (Fsp3) is 0.333. The summed E-state index contributed by atoms with van der Waals surface area (Å²) in [7, 11) is 0. The van der Waals surface area contributed by atoms with Crippen LogP contribution in [-0.2, 0) is 0 Å². The molecule has 21 heavy (non-hydrogen) atoms. The zero-order valence-corrected chi connectivity index (χ0v) is 14.4. The van der Waals surface area contributed by atoms with Crippen LogP contribution >= 0.6 is 33.9 Å². The van der Waals surface area contributed by atoms with E-state index in [0.717, 1.165) is 28.1 Å². The highest BCUT2D eigenvalue weighted by atomic mass is 127. The van der Waals surface area contributed by atoms with Gasteiger partial charge in [0.25, 0.3) is 5.91 Å². The first kappa shape index (κ1) is 14.8. The van der Waals surface area contributed by atoms with E-state index < -0.39 is 0 Å². The molecule has 1 aromatic carbocycles. The summed E-state index contributed by atoms with van der Waals surface area (Å²) < 4.78 is 1.13. The minimum absolute atomic E-state index is 0.00242. The number of carbonyl (C=O) groups excluding carboxylic acids is 1. The second-order valence-electron chi connectivity index (χ2n) is 5.02. The first-order valence-corrected chi connectivity index (χ1v) is 8.90. The monoisotopic (exact) mass is 413 g/mol. The fourth-order valence-electron chi connectivity index (χ4n) is 2.57. The van der Waals surface area contributed by atoms with Crippen LogP contribution in [0.1, 0.15) is 23.2 Å². The lowest BCUT2D eigenvalue weighted by Gasteiger charge is -2.24. The van der Waals surface area contributed by atoms with E-state index >= 15 is 0 Å². The number of hydrogen-bond acceptors (Lipinski definition) is 4.